The van der Waals surface area contributed by atoms with E-state index in [2.05, 4.69) is 19.2 Å². The lowest BCUT2D eigenvalue weighted by molar-refractivity contribution is -0.118. The predicted octanol–water partition coefficient (Wildman–Crippen LogP) is 4.63. The Kier molecular flexibility index (Phi) is 5.31. The maximum absolute atomic E-state index is 13.5. The zero-order chi connectivity index (χ0) is 24.0. The Balaban J connectivity index is 1.70. The number of nitrogens with zero attached hydrogens (tertiary/aromatic N) is 3. The Labute approximate surface area is 198 Å². The number of allylic oxidation sites excluding steroid dienone is 2. The molecule has 5 rings (SSSR count). The summed E-state index contributed by atoms with van der Waals surface area (Å²) in [6.45, 7) is 4.22. The van der Waals surface area contributed by atoms with Gasteiger partial charge in [-0.05, 0) is 42.2 Å². The van der Waals surface area contributed by atoms with Crippen LogP contribution < -0.4 is 19.5 Å². The van der Waals surface area contributed by atoms with Crippen LogP contribution in [-0.4, -0.2) is 41.9 Å². The second-order valence-corrected chi connectivity index (χ2v) is 9.38. The van der Waals surface area contributed by atoms with E-state index in [-0.39, 0.29) is 11.2 Å². The number of methoxy groups -OCH3 is 3. The molecule has 3 aromatic rings. The summed E-state index contributed by atoms with van der Waals surface area (Å²) in [5, 5.41) is 8.26. The molecular formula is C26H28N4O4. The lowest BCUT2D eigenvalue weighted by Crippen LogP contribution is -2.36. The van der Waals surface area contributed by atoms with Crippen molar-refractivity contribution >= 4 is 11.7 Å². The van der Waals surface area contributed by atoms with Crippen LogP contribution in [0.3, 0.4) is 0 Å². The molecule has 34 heavy (non-hydrogen) atoms. The third-order valence-corrected chi connectivity index (χ3v) is 6.41. The van der Waals surface area contributed by atoms with Crippen molar-refractivity contribution in [3.63, 3.8) is 0 Å². The molecule has 1 aliphatic heterocycles. The number of hydrogen-bond acceptors (Lipinski definition) is 7. The van der Waals surface area contributed by atoms with E-state index < -0.39 is 6.04 Å². The number of carbonyl (C=O) groups excluding carboxylic acids is 1. The van der Waals surface area contributed by atoms with E-state index in [0.717, 1.165) is 29.0 Å². The van der Waals surface area contributed by atoms with Gasteiger partial charge in [0, 0.05) is 28.8 Å². The Hall–Kier alpha value is -3.81. The Morgan fingerprint density at radius 3 is 2.44 bits per heavy atom. The molecule has 0 saturated heterocycles. The van der Waals surface area contributed by atoms with Crippen molar-refractivity contribution in [3.05, 3.63) is 59.3 Å². The number of rotatable bonds is 5. The molecular weight excluding hydrogens is 432 g/mol. The first-order valence-electron chi connectivity index (χ1n) is 11.2. The molecule has 1 N–H and O–H groups in total. The van der Waals surface area contributed by atoms with Gasteiger partial charge < -0.3 is 19.5 Å². The highest BCUT2D eigenvalue weighted by Crippen LogP contribution is 2.48. The maximum atomic E-state index is 13.5. The van der Waals surface area contributed by atoms with Gasteiger partial charge >= 0.3 is 0 Å². The van der Waals surface area contributed by atoms with Gasteiger partial charge in [-0.2, -0.15) is 4.98 Å². The number of anilines is 1. The third-order valence-electron chi connectivity index (χ3n) is 6.41. The second-order valence-electron chi connectivity index (χ2n) is 9.38. The number of ether oxygens (including phenoxy) is 3. The number of fused-ring (bicyclic) bond motifs is 1. The molecule has 2 aliphatic rings. The van der Waals surface area contributed by atoms with Gasteiger partial charge in [-0.3, -0.25) is 4.79 Å². The van der Waals surface area contributed by atoms with Crippen molar-refractivity contribution in [3.8, 4) is 28.6 Å². The van der Waals surface area contributed by atoms with Crippen LogP contribution in [0.2, 0.25) is 0 Å². The molecule has 0 unspecified atom stereocenters. The first-order chi connectivity index (χ1) is 16.3. The highest BCUT2D eigenvalue weighted by molar-refractivity contribution is 6.00. The number of nitrogens with one attached hydrogen (secondary N) is 1. The molecule has 1 aromatic heterocycles. The smallest absolute Gasteiger partial charge is 0.226 e. The minimum atomic E-state index is -0.487. The van der Waals surface area contributed by atoms with E-state index in [0.29, 0.717) is 35.3 Å². The van der Waals surface area contributed by atoms with Gasteiger partial charge in [0.1, 0.15) is 11.8 Å². The van der Waals surface area contributed by atoms with Gasteiger partial charge in [-0.25, -0.2) is 4.68 Å². The van der Waals surface area contributed by atoms with Crippen LogP contribution in [-0.2, 0) is 4.79 Å². The number of Topliss-reactive ketones (excluding diaryl/α,β-unsaturated/α-hetero) is 1. The Bertz CT molecular complexity index is 1290. The summed E-state index contributed by atoms with van der Waals surface area (Å²) >= 11 is 0. The van der Waals surface area contributed by atoms with Crippen LogP contribution in [0.4, 0.5) is 5.95 Å². The van der Waals surface area contributed by atoms with Gasteiger partial charge in [0.15, 0.2) is 23.1 Å². The molecule has 2 aromatic carbocycles. The zero-order valence-corrected chi connectivity index (χ0v) is 20.0. The molecule has 0 radical (unpaired) electrons. The fourth-order valence-electron chi connectivity index (χ4n) is 4.89. The van der Waals surface area contributed by atoms with Crippen LogP contribution >= 0.6 is 0 Å². The molecule has 0 amide bonds. The lowest BCUT2D eigenvalue weighted by atomic mass is 9.73. The fraction of sp³-hybridized carbons (Fsp3) is 0.346. The number of para-hydroxylation sites is 1. The molecule has 8 nitrogen and oxygen atoms in total. The van der Waals surface area contributed by atoms with E-state index in [1.165, 1.54) is 0 Å². The maximum Gasteiger partial charge on any atom is 0.226 e. The van der Waals surface area contributed by atoms with Crippen molar-refractivity contribution in [1.29, 1.82) is 0 Å². The van der Waals surface area contributed by atoms with Crippen molar-refractivity contribution in [2.24, 2.45) is 5.41 Å². The third kappa shape index (κ3) is 3.59. The standard InChI is InChI=1S/C26H28N4O4/c1-26(2)13-18-21(19(31)14-26)22(17-7-6-8-20(33-4)23(17)34-5)30-25(27-18)28-24(29-30)15-9-11-16(32-3)12-10-15/h6-12,22H,13-14H2,1-5H3,(H,27,28,29)/t22-/m0/s1. The number of hydrogen-bond donors (Lipinski definition) is 1. The molecule has 8 heteroatoms. The average Bonchev–Trinajstić information content (AvgIpc) is 3.25. The number of ketones is 1. The van der Waals surface area contributed by atoms with Gasteiger partial charge in [0.25, 0.3) is 0 Å². The van der Waals surface area contributed by atoms with Crippen molar-refractivity contribution in [2.75, 3.05) is 26.6 Å². The minimum absolute atomic E-state index is 0.0979. The van der Waals surface area contributed by atoms with Gasteiger partial charge in [0.2, 0.25) is 5.95 Å². The molecule has 0 bridgehead atoms. The summed E-state index contributed by atoms with van der Waals surface area (Å²) in [5.74, 6) is 3.18. The molecule has 0 fully saturated rings. The number of aromatic nitrogens is 3. The zero-order valence-electron chi connectivity index (χ0n) is 20.0. The normalized spacial score (nSPS) is 18.6. The quantitative estimate of drug-likeness (QED) is 0.594. The van der Waals surface area contributed by atoms with Gasteiger partial charge in [0.05, 0.1) is 21.3 Å². The van der Waals surface area contributed by atoms with Crippen LogP contribution in [0.1, 0.15) is 38.3 Å². The van der Waals surface area contributed by atoms with Gasteiger partial charge in [-0.1, -0.05) is 26.0 Å². The van der Waals surface area contributed by atoms with Crippen LogP contribution in [0.5, 0.6) is 17.2 Å². The topological polar surface area (TPSA) is 87.5 Å². The molecule has 0 spiro atoms. The van der Waals surface area contributed by atoms with Crippen LogP contribution in [0, 0.1) is 5.41 Å². The monoisotopic (exact) mass is 460 g/mol. The molecule has 176 valence electrons. The van der Waals surface area contributed by atoms with E-state index in [4.69, 9.17) is 24.3 Å². The highest BCUT2D eigenvalue weighted by atomic mass is 16.5. The number of benzene rings is 2. The molecule has 2 heterocycles. The van der Waals surface area contributed by atoms with E-state index in [1.54, 1.807) is 26.0 Å². The average molecular weight is 461 g/mol. The first kappa shape index (κ1) is 22.0. The van der Waals surface area contributed by atoms with Crippen LogP contribution in [0.25, 0.3) is 11.4 Å². The Morgan fingerprint density at radius 2 is 1.76 bits per heavy atom. The summed E-state index contributed by atoms with van der Waals surface area (Å²) in [5.41, 5.74) is 3.09. The molecule has 0 saturated carbocycles. The summed E-state index contributed by atoms with van der Waals surface area (Å²) in [7, 11) is 4.84. The number of carbonyl (C=O) groups is 1. The largest absolute Gasteiger partial charge is 0.497 e. The van der Waals surface area contributed by atoms with Gasteiger partial charge in [-0.15, -0.1) is 5.10 Å². The highest BCUT2D eigenvalue weighted by Gasteiger charge is 2.43. The lowest BCUT2D eigenvalue weighted by Gasteiger charge is -2.38. The molecule has 1 atom stereocenters. The first-order valence-corrected chi connectivity index (χ1v) is 11.2. The van der Waals surface area contributed by atoms with Crippen LogP contribution in [0.15, 0.2) is 53.7 Å². The predicted molar refractivity (Wildman–Crippen MR) is 128 cm³/mol. The van der Waals surface area contributed by atoms with E-state index in [9.17, 15) is 4.79 Å². The minimum Gasteiger partial charge on any atom is -0.497 e. The Morgan fingerprint density at radius 1 is 1.00 bits per heavy atom. The summed E-state index contributed by atoms with van der Waals surface area (Å²) < 4.78 is 18.4. The second kappa shape index (κ2) is 8.20. The summed E-state index contributed by atoms with van der Waals surface area (Å²) in [6.07, 6.45) is 1.20. The summed E-state index contributed by atoms with van der Waals surface area (Å²) in [6, 6.07) is 12.8. The van der Waals surface area contributed by atoms with Crippen molar-refractivity contribution in [1.82, 2.24) is 14.8 Å². The summed E-state index contributed by atoms with van der Waals surface area (Å²) in [4.78, 5) is 18.3. The fourth-order valence-corrected chi connectivity index (χ4v) is 4.89. The van der Waals surface area contributed by atoms with Crippen molar-refractivity contribution < 1.29 is 19.0 Å². The SMILES string of the molecule is COc1ccc(-c2nc3n(n2)[C@@H](c2cccc(OC)c2OC)C2=C(CC(C)(C)CC2=O)N3)cc1. The molecule has 1 aliphatic carbocycles. The van der Waals surface area contributed by atoms with E-state index >= 15 is 0 Å². The van der Waals surface area contributed by atoms with E-state index in [1.807, 2.05) is 42.5 Å². The van der Waals surface area contributed by atoms with Crippen molar-refractivity contribution in [2.45, 2.75) is 32.7 Å².